The number of anilines is 1. The number of aliphatic imine (C=N–C) groups is 1. The SMILES string of the molecule is C=C(N)/N=C\C(=C/N)c1ccc(C2(C(=O)Nc3cccnn3)CCC2)cc1. The molecule has 138 valence electrons. The maximum Gasteiger partial charge on any atom is 0.236 e. The van der Waals surface area contributed by atoms with Gasteiger partial charge in [-0.1, -0.05) is 37.3 Å². The van der Waals surface area contributed by atoms with E-state index in [1.165, 1.54) is 6.20 Å². The summed E-state index contributed by atoms with van der Waals surface area (Å²) in [5.41, 5.74) is 13.2. The molecule has 3 rings (SSSR count). The number of hydrogen-bond donors (Lipinski definition) is 3. The summed E-state index contributed by atoms with van der Waals surface area (Å²) < 4.78 is 0. The highest BCUT2D eigenvalue weighted by atomic mass is 16.2. The lowest BCUT2D eigenvalue weighted by molar-refractivity contribution is -0.124. The molecule has 1 aliphatic rings. The highest BCUT2D eigenvalue weighted by molar-refractivity contribution is 6.10. The van der Waals surface area contributed by atoms with Crippen LogP contribution < -0.4 is 16.8 Å². The van der Waals surface area contributed by atoms with Crippen molar-refractivity contribution in [1.29, 1.82) is 0 Å². The van der Waals surface area contributed by atoms with Gasteiger partial charge in [-0.05, 0) is 36.1 Å². The van der Waals surface area contributed by atoms with Gasteiger partial charge in [-0.3, -0.25) is 4.79 Å². The van der Waals surface area contributed by atoms with Gasteiger partial charge in [0.2, 0.25) is 5.91 Å². The van der Waals surface area contributed by atoms with E-state index in [9.17, 15) is 4.79 Å². The van der Waals surface area contributed by atoms with Gasteiger partial charge in [-0.25, -0.2) is 4.99 Å². The summed E-state index contributed by atoms with van der Waals surface area (Å²) in [6.45, 7) is 3.53. The zero-order chi connectivity index (χ0) is 19.3. The number of hydrogen-bond acceptors (Lipinski definition) is 6. The van der Waals surface area contributed by atoms with E-state index in [1.807, 2.05) is 24.3 Å². The summed E-state index contributed by atoms with van der Waals surface area (Å²) in [6.07, 6.45) is 7.20. The monoisotopic (exact) mass is 362 g/mol. The summed E-state index contributed by atoms with van der Waals surface area (Å²) in [5.74, 6) is 0.606. The molecule has 1 saturated carbocycles. The maximum atomic E-state index is 12.9. The molecule has 27 heavy (non-hydrogen) atoms. The molecule has 1 fully saturated rings. The summed E-state index contributed by atoms with van der Waals surface area (Å²) in [5, 5.41) is 10.6. The summed E-state index contributed by atoms with van der Waals surface area (Å²) in [4.78, 5) is 16.9. The van der Waals surface area contributed by atoms with Crippen molar-refractivity contribution in [3.05, 3.63) is 72.3 Å². The fourth-order valence-electron chi connectivity index (χ4n) is 3.13. The second-order valence-electron chi connectivity index (χ2n) is 6.45. The van der Waals surface area contributed by atoms with Crippen molar-refractivity contribution in [2.75, 3.05) is 5.32 Å². The molecule has 7 heteroatoms. The third kappa shape index (κ3) is 3.87. The minimum Gasteiger partial charge on any atom is -0.404 e. The zero-order valence-electron chi connectivity index (χ0n) is 14.9. The standard InChI is InChI=1S/C20H22N6O/c1-14(22)23-13-16(12-21)15-5-7-17(8-6-15)20(9-3-10-20)19(27)25-18-4-2-11-24-26-18/h2,4-8,11-13H,1,3,9-10,21-22H2,(H,25,26,27)/b16-12+,23-13-. The van der Waals surface area contributed by atoms with Crippen LogP contribution in [0, 0.1) is 0 Å². The molecule has 0 atom stereocenters. The predicted molar refractivity (Wildman–Crippen MR) is 107 cm³/mol. The molecule has 1 aromatic heterocycles. The largest absolute Gasteiger partial charge is 0.404 e. The number of benzene rings is 1. The topological polar surface area (TPSA) is 119 Å². The minimum atomic E-state index is -0.539. The van der Waals surface area contributed by atoms with Crippen molar-refractivity contribution in [3.8, 4) is 0 Å². The van der Waals surface area contributed by atoms with E-state index in [0.29, 0.717) is 5.82 Å². The third-order valence-electron chi connectivity index (χ3n) is 4.78. The second-order valence-corrected chi connectivity index (χ2v) is 6.45. The molecule has 2 aromatic rings. The Kier molecular flexibility index (Phi) is 5.30. The normalized spacial score (nSPS) is 15.9. The van der Waals surface area contributed by atoms with Gasteiger partial charge in [-0.15, -0.1) is 5.10 Å². The van der Waals surface area contributed by atoms with Gasteiger partial charge in [0.25, 0.3) is 0 Å². The van der Waals surface area contributed by atoms with Crippen molar-refractivity contribution in [1.82, 2.24) is 10.2 Å². The maximum absolute atomic E-state index is 12.9. The first kappa shape index (κ1) is 18.3. The van der Waals surface area contributed by atoms with Gasteiger partial charge >= 0.3 is 0 Å². The highest BCUT2D eigenvalue weighted by Gasteiger charge is 2.45. The van der Waals surface area contributed by atoms with E-state index in [0.717, 1.165) is 36.0 Å². The molecule has 1 heterocycles. The Morgan fingerprint density at radius 1 is 1.26 bits per heavy atom. The van der Waals surface area contributed by atoms with Crippen LogP contribution in [0.5, 0.6) is 0 Å². The van der Waals surface area contributed by atoms with Gasteiger partial charge in [0.05, 0.1) is 5.41 Å². The van der Waals surface area contributed by atoms with E-state index in [1.54, 1.807) is 24.5 Å². The van der Waals surface area contributed by atoms with Crippen LogP contribution in [-0.4, -0.2) is 22.3 Å². The van der Waals surface area contributed by atoms with E-state index in [2.05, 4.69) is 27.1 Å². The second kappa shape index (κ2) is 7.82. The molecule has 1 amide bonds. The molecule has 0 saturated heterocycles. The van der Waals surface area contributed by atoms with Crippen LogP contribution >= 0.6 is 0 Å². The Hall–Kier alpha value is -3.48. The van der Waals surface area contributed by atoms with Gasteiger partial charge in [-0.2, -0.15) is 5.10 Å². The number of aromatic nitrogens is 2. The lowest BCUT2D eigenvalue weighted by atomic mass is 9.63. The molecule has 1 aromatic carbocycles. The lowest BCUT2D eigenvalue weighted by Crippen LogP contribution is -2.46. The van der Waals surface area contributed by atoms with Crippen LogP contribution in [0.1, 0.15) is 30.4 Å². The molecule has 0 unspecified atom stereocenters. The Balaban J connectivity index is 1.82. The van der Waals surface area contributed by atoms with Crippen LogP contribution in [0.25, 0.3) is 5.57 Å². The van der Waals surface area contributed by atoms with Crippen LogP contribution in [0.3, 0.4) is 0 Å². The first-order valence-corrected chi connectivity index (χ1v) is 8.65. The molecule has 0 aliphatic heterocycles. The van der Waals surface area contributed by atoms with Crippen LogP contribution in [0.4, 0.5) is 5.82 Å². The van der Waals surface area contributed by atoms with E-state index in [4.69, 9.17) is 11.5 Å². The summed E-state index contributed by atoms with van der Waals surface area (Å²) in [7, 11) is 0. The van der Waals surface area contributed by atoms with Crippen molar-refractivity contribution in [3.63, 3.8) is 0 Å². The molecule has 0 spiro atoms. The average Bonchev–Trinajstić information content (AvgIpc) is 2.63. The Labute approximate surface area is 157 Å². The number of carbonyl (C=O) groups excluding carboxylic acids is 1. The van der Waals surface area contributed by atoms with Crippen LogP contribution in [0.2, 0.25) is 0 Å². The third-order valence-corrected chi connectivity index (χ3v) is 4.78. The van der Waals surface area contributed by atoms with Crippen molar-refractivity contribution in [2.24, 2.45) is 16.5 Å². The van der Waals surface area contributed by atoms with Crippen LogP contribution in [0.15, 0.2) is 66.2 Å². The van der Waals surface area contributed by atoms with E-state index in [-0.39, 0.29) is 11.7 Å². The first-order chi connectivity index (χ1) is 13.0. The number of rotatable bonds is 6. The molecular weight excluding hydrogens is 340 g/mol. The fourth-order valence-corrected chi connectivity index (χ4v) is 3.13. The number of carbonyl (C=O) groups is 1. The number of nitrogens with one attached hydrogen (secondary N) is 1. The van der Waals surface area contributed by atoms with E-state index >= 15 is 0 Å². The molecule has 1 aliphatic carbocycles. The van der Waals surface area contributed by atoms with Gasteiger partial charge in [0, 0.05) is 24.2 Å². The van der Waals surface area contributed by atoms with Crippen LogP contribution in [-0.2, 0) is 10.2 Å². The van der Waals surface area contributed by atoms with Crippen molar-refractivity contribution >= 4 is 23.5 Å². The number of amides is 1. The Bertz CT molecular complexity index is 882. The molecule has 0 bridgehead atoms. The van der Waals surface area contributed by atoms with Gasteiger partial charge < -0.3 is 16.8 Å². The molecule has 0 radical (unpaired) electrons. The average molecular weight is 362 g/mol. The minimum absolute atomic E-state index is 0.0578. The Morgan fingerprint density at radius 3 is 2.52 bits per heavy atom. The highest BCUT2D eigenvalue weighted by Crippen LogP contribution is 2.44. The van der Waals surface area contributed by atoms with Crippen molar-refractivity contribution < 1.29 is 4.79 Å². The van der Waals surface area contributed by atoms with Gasteiger partial charge in [0.1, 0.15) is 5.82 Å². The number of allylic oxidation sites excluding steroid dienone is 1. The van der Waals surface area contributed by atoms with E-state index < -0.39 is 5.41 Å². The van der Waals surface area contributed by atoms with Gasteiger partial charge in [0.15, 0.2) is 5.82 Å². The smallest absolute Gasteiger partial charge is 0.236 e. The quantitative estimate of drug-likeness (QED) is 0.681. The summed E-state index contributed by atoms with van der Waals surface area (Å²) >= 11 is 0. The molecular formula is C20H22N6O. The van der Waals surface area contributed by atoms with Crippen molar-refractivity contribution in [2.45, 2.75) is 24.7 Å². The lowest BCUT2D eigenvalue weighted by Gasteiger charge is -2.40. The fraction of sp³-hybridized carbons (Fsp3) is 0.200. The number of nitrogens with zero attached hydrogens (tertiary/aromatic N) is 3. The molecule has 7 nitrogen and oxygen atoms in total. The number of nitrogens with two attached hydrogens (primary N) is 2. The zero-order valence-corrected chi connectivity index (χ0v) is 14.9. The first-order valence-electron chi connectivity index (χ1n) is 8.65. The predicted octanol–water partition coefficient (Wildman–Crippen LogP) is 2.34. The molecule has 5 N–H and O–H groups in total. The Morgan fingerprint density at radius 2 is 2.00 bits per heavy atom. The summed E-state index contributed by atoms with van der Waals surface area (Å²) in [6, 6.07) is 11.2.